The monoisotopic (exact) mass is 298 g/mol. The van der Waals surface area contributed by atoms with Crippen molar-refractivity contribution in [2.24, 2.45) is 0 Å². The lowest BCUT2D eigenvalue weighted by molar-refractivity contribution is 0.415. The summed E-state index contributed by atoms with van der Waals surface area (Å²) in [6.45, 7) is 0. The maximum Gasteiger partial charge on any atom is 0.323 e. The predicted octanol–water partition coefficient (Wildman–Crippen LogP) is 1.98. The lowest BCUT2D eigenvalue weighted by Gasteiger charge is -2.14. The average molecular weight is 298 g/mol. The smallest absolute Gasteiger partial charge is 0.323 e. The van der Waals surface area contributed by atoms with Crippen LogP contribution in [-0.2, 0) is 10.2 Å². The van der Waals surface area contributed by atoms with Crippen LogP contribution in [0.3, 0.4) is 0 Å². The third-order valence-corrected chi connectivity index (χ3v) is 4.65. The molecule has 0 radical (unpaired) electrons. The van der Waals surface area contributed by atoms with E-state index in [-0.39, 0.29) is 0 Å². The predicted molar refractivity (Wildman–Crippen MR) is 77.5 cm³/mol. The van der Waals surface area contributed by atoms with Crippen LogP contribution in [0.4, 0.5) is 0 Å². The fourth-order valence-electron chi connectivity index (χ4n) is 1.42. The number of rotatable bonds is 5. The molecule has 0 fully saturated rings. The van der Waals surface area contributed by atoms with Gasteiger partial charge in [0.1, 0.15) is 5.75 Å². The highest BCUT2D eigenvalue weighted by atomic mass is 32.2. The Bertz CT molecular complexity index is 579. The zero-order chi connectivity index (χ0) is 13.7. The molecule has 1 heterocycles. The highest BCUT2D eigenvalue weighted by Crippen LogP contribution is 2.17. The van der Waals surface area contributed by atoms with Crippen LogP contribution >= 0.6 is 11.8 Å². The Labute approximate surface area is 117 Å². The largest absolute Gasteiger partial charge is 0.497 e. The van der Waals surface area contributed by atoms with E-state index in [0.29, 0.717) is 5.88 Å². The first-order valence-electron chi connectivity index (χ1n) is 5.50. The van der Waals surface area contributed by atoms with E-state index in [0.717, 1.165) is 11.3 Å². The molecule has 0 spiro atoms. The molecule has 5 nitrogen and oxygen atoms in total. The standard InChI is InChI=1S/C12H14N2O3S2/c1-17-12-4-2-11(3-5-12)6-7-13-19(15,16)14-8-9-18-10-14/h2-9,13H,10H2,1H3/b7-6+. The van der Waals surface area contributed by atoms with E-state index < -0.39 is 10.2 Å². The van der Waals surface area contributed by atoms with Gasteiger partial charge in [0, 0.05) is 12.4 Å². The number of methoxy groups -OCH3 is 1. The Hall–Kier alpha value is -1.60. The van der Waals surface area contributed by atoms with Gasteiger partial charge in [-0.2, -0.15) is 8.42 Å². The molecule has 0 bridgehead atoms. The number of nitrogens with zero attached hydrogens (tertiary/aromatic N) is 1. The number of thioether (sulfide) groups is 1. The number of ether oxygens (including phenoxy) is 1. The van der Waals surface area contributed by atoms with Crippen molar-refractivity contribution in [1.29, 1.82) is 0 Å². The molecule has 1 aliphatic rings. The van der Waals surface area contributed by atoms with Gasteiger partial charge in [0.15, 0.2) is 0 Å². The molecule has 1 N–H and O–H groups in total. The Balaban J connectivity index is 1.97. The third-order valence-electron chi connectivity index (χ3n) is 2.44. The molecule has 0 atom stereocenters. The highest BCUT2D eigenvalue weighted by molar-refractivity contribution is 8.03. The lowest BCUT2D eigenvalue weighted by Crippen LogP contribution is -2.32. The summed E-state index contributed by atoms with van der Waals surface area (Å²) < 4.78 is 32.3. The maximum absolute atomic E-state index is 11.8. The summed E-state index contributed by atoms with van der Waals surface area (Å²) in [7, 11) is -1.88. The number of hydrogen-bond donors (Lipinski definition) is 1. The molecule has 19 heavy (non-hydrogen) atoms. The van der Waals surface area contributed by atoms with Crippen LogP contribution in [0.1, 0.15) is 5.56 Å². The van der Waals surface area contributed by atoms with Crippen molar-refractivity contribution in [1.82, 2.24) is 9.03 Å². The Morgan fingerprint density at radius 3 is 2.68 bits per heavy atom. The van der Waals surface area contributed by atoms with Gasteiger partial charge < -0.3 is 4.74 Å². The first-order chi connectivity index (χ1) is 9.12. The van der Waals surface area contributed by atoms with E-state index in [1.165, 1.54) is 28.5 Å². The van der Waals surface area contributed by atoms with Gasteiger partial charge in [0.05, 0.1) is 13.0 Å². The van der Waals surface area contributed by atoms with Crippen LogP contribution < -0.4 is 9.46 Å². The molecule has 0 amide bonds. The lowest BCUT2D eigenvalue weighted by atomic mass is 10.2. The molecule has 7 heteroatoms. The van der Waals surface area contributed by atoms with Gasteiger partial charge in [-0.25, -0.2) is 4.31 Å². The first-order valence-corrected chi connectivity index (χ1v) is 7.99. The second-order valence-electron chi connectivity index (χ2n) is 3.70. The van der Waals surface area contributed by atoms with E-state index >= 15 is 0 Å². The molecule has 1 aliphatic heterocycles. The number of hydrogen-bond acceptors (Lipinski definition) is 4. The molecule has 0 aliphatic carbocycles. The van der Waals surface area contributed by atoms with Gasteiger partial charge in [-0.3, -0.25) is 4.72 Å². The van der Waals surface area contributed by atoms with Crippen molar-refractivity contribution in [2.75, 3.05) is 13.0 Å². The van der Waals surface area contributed by atoms with Crippen LogP contribution in [0, 0.1) is 0 Å². The molecule has 0 aromatic heterocycles. The summed E-state index contributed by atoms with van der Waals surface area (Å²) in [5, 5.41) is 1.74. The molecule has 102 valence electrons. The van der Waals surface area contributed by atoms with Crippen LogP contribution in [0.2, 0.25) is 0 Å². The Kier molecular flexibility index (Phi) is 4.39. The van der Waals surface area contributed by atoms with E-state index in [9.17, 15) is 8.42 Å². The third kappa shape index (κ3) is 3.68. The SMILES string of the molecule is COc1ccc(/C=C/NS(=O)(=O)N2C=CSC2)cc1. The number of benzene rings is 1. The first kappa shape index (κ1) is 13.8. The molecule has 2 rings (SSSR count). The van der Waals surface area contributed by atoms with Gasteiger partial charge in [0.25, 0.3) is 0 Å². The van der Waals surface area contributed by atoms with Gasteiger partial charge in [0.2, 0.25) is 0 Å². The second kappa shape index (κ2) is 6.03. The second-order valence-corrected chi connectivity index (χ2v) is 6.22. The summed E-state index contributed by atoms with van der Waals surface area (Å²) in [4.78, 5) is 0. The van der Waals surface area contributed by atoms with Crippen LogP contribution in [0.25, 0.3) is 6.08 Å². The van der Waals surface area contributed by atoms with Crippen molar-refractivity contribution < 1.29 is 13.2 Å². The molecule has 1 aromatic carbocycles. The highest BCUT2D eigenvalue weighted by Gasteiger charge is 2.18. The minimum atomic E-state index is -3.48. The van der Waals surface area contributed by atoms with Crippen molar-refractivity contribution in [3.8, 4) is 5.75 Å². The summed E-state index contributed by atoms with van der Waals surface area (Å²) >= 11 is 1.43. The van der Waals surface area contributed by atoms with Crippen molar-refractivity contribution >= 4 is 28.0 Å². The Morgan fingerprint density at radius 1 is 1.37 bits per heavy atom. The van der Waals surface area contributed by atoms with Crippen molar-refractivity contribution in [3.63, 3.8) is 0 Å². The molecular formula is C12H14N2O3S2. The fourth-order valence-corrected chi connectivity index (χ4v) is 3.38. The molecular weight excluding hydrogens is 284 g/mol. The average Bonchev–Trinajstić information content (AvgIpc) is 2.94. The van der Waals surface area contributed by atoms with Crippen molar-refractivity contribution in [2.45, 2.75) is 0 Å². The molecule has 1 aromatic rings. The van der Waals surface area contributed by atoms with Crippen LogP contribution in [0.15, 0.2) is 42.1 Å². The van der Waals surface area contributed by atoms with E-state index in [4.69, 9.17) is 4.74 Å². The number of nitrogens with one attached hydrogen (secondary N) is 1. The van der Waals surface area contributed by atoms with Gasteiger partial charge in [-0.05, 0) is 29.2 Å². The molecule has 0 saturated heterocycles. The summed E-state index contributed by atoms with van der Waals surface area (Å²) in [5.74, 6) is 1.17. The zero-order valence-corrected chi connectivity index (χ0v) is 11.9. The molecule has 0 saturated carbocycles. The normalized spacial score (nSPS) is 15.1. The van der Waals surface area contributed by atoms with Crippen LogP contribution in [0.5, 0.6) is 5.75 Å². The summed E-state index contributed by atoms with van der Waals surface area (Å²) in [5.41, 5.74) is 0.884. The summed E-state index contributed by atoms with van der Waals surface area (Å²) in [6, 6.07) is 7.31. The molecule has 0 unspecified atom stereocenters. The van der Waals surface area contributed by atoms with Crippen LogP contribution in [-0.4, -0.2) is 25.7 Å². The quantitative estimate of drug-likeness (QED) is 0.903. The van der Waals surface area contributed by atoms with E-state index in [1.807, 2.05) is 24.3 Å². The van der Waals surface area contributed by atoms with Gasteiger partial charge in [-0.1, -0.05) is 12.1 Å². The fraction of sp³-hybridized carbons (Fsp3) is 0.167. The maximum atomic E-state index is 11.8. The zero-order valence-electron chi connectivity index (χ0n) is 10.3. The van der Waals surface area contributed by atoms with Gasteiger partial charge in [-0.15, -0.1) is 11.8 Å². The minimum Gasteiger partial charge on any atom is -0.497 e. The Morgan fingerprint density at radius 2 is 2.11 bits per heavy atom. The van der Waals surface area contributed by atoms with E-state index in [2.05, 4.69) is 4.72 Å². The van der Waals surface area contributed by atoms with E-state index in [1.54, 1.807) is 18.6 Å². The minimum absolute atomic E-state index is 0.408. The topological polar surface area (TPSA) is 58.6 Å². The summed E-state index contributed by atoms with van der Waals surface area (Å²) in [6.07, 6.45) is 4.63. The van der Waals surface area contributed by atoms with Gasteiger partial charge >= 0.3 is 10.2 Å². The van der Waals surface area contributed by atoms with Crippen molar-refractivity contribution in [3.05, 3.63) is 47.6 Å².